The van der Waals surface area contributed by atoms with Gasteiger partial charge in [-0.2, -0.15) is 0 Å². The third-order valence-electron chi connectivity index (χ3n) is 5.56. The number of carbonyl (C=O) groups is 2. The van der Waals surface area contributed by atoms with Crippen LogP contribution in [0.15, 0.2) is 36.4 Å². The maximum Gasteiger partial charge on any atom is 0.307 e. The van der Waals surface area contributed by atoms with Gasteiger partial charge in [-0.25, -0.2) is 0 Å². The molecule has 0 aromatic heterocycles. The number of rotatable bonds is 3. The summed E-state index contributed by atoms with van der Waals surface area (Å²) in [5, 5.41) is 12.5. The van der Waals surface area contributed by atoms with Gasteiger partial charge in [0.1, 0.15) is 0 Å². The molecule has 22 heavy (non-hydrogen) atoms. The Labute approximate surface area is 129 Å². The molecule has 4 nitrogen and oxygen atoms in total. The van der Waals surface area contributed by atoms with Crippen LogP contribution in [0.4, 0.5) is 5.69 Å². The lowest BCUT2D eigenvalue weighted by Crippen LogP contribution is -2.48. The van der Waals surface area contributed by atoms with Crippen LogP contribution in [-0.2, 0) is 9.59 Å². The van der Waals surface area contributed by atoms with Gasteiger partial charge in [0.15, 0.2) is 0 Å². The number of aliphatic carboxylic acids is 1. The zero-order valence-electron chi connectivity index (χ0n) is 12.4. The Morgan fingerprint density at radius 1 is 1.05 bits per heavy atom. The fourth-order valence-electron chi connectivity index (χ4n) is 4.43. The van der Waals surface area contributed by atoms with E-state index < -0.39 is 17.8 Å². The lowest BCUT2D eigenvalue weighted by Gasteiger charge is -2.41. The van der Waals surface area contributed by atoms with Crippen molar-refractivity contribution < 1.29 is 14.7 Å². The SMILES string of the molecule is Cc1ccc(NC(=O)[C@@H]2[C@H]3C=C[C@H]([C@H]4C[C@H]34)[C@@H]2C(=O)O)cc1. The van der Waals surface area contributed by atoms with Crippen LogP contribution in [-0.4, -0.2) is 17.0 Å². The quantitative estimate of drug-likeness (QED) is 0.843. The monoisotopic (exact) mass is 297 g/mol. The number of anilines is 1. The third-order valence-corrected chi connectivity index (χ3v) is 5.56. The van der Waals surface area contributed by atoms with Gasteiger partial charge in [-0.1, -0.05) is 29.8 Å². The first-order chi connectivity index (χ1) is 10.6. The number of amides is 1. The van der Waals surface area contributed by atoms with Crippen molar-refractivity contribution >= 4 is 17.6 Å². The summed E-state index contributed by atoms with van der Waals surface area (Å²) in [7, 11) is 0. The summed E-state index contributed by atoms with van der Waals surface area (Å²) < 4.78 is 0. The normalized spacial score (nSPS) is 37.5. The fourth-order valence-corrected chi connectivity index (χ4v) is 4.43. The number of benzene rings is 1. The van der Waals surface area contributed by atoms with E-state index in [1.54, 1.807) is 0 Å². The van der Waals surface area contributed by atoms with Crippen molar-refractivity contribution in [1.82, 2.24) is 0 Å². The van der Waals surface area contributed by atoms with Gasteiger partial charge in [0, 0.05) is 5.69 Å². The maximum atomic E-state index is 12.7. The molecule has 0 saturated heterocycles. The molecule has 1 amide bonds. The topological polar surface area (TPSA) is 66.4 Å². The molecule has 2 fully saturated rings. The summed E-state index contributed by atoms with van der Waals surface area (Å²) >= 11 is 0. The summed E-state index contributed by atoms with van der Waals surface area (Å²) in [6.07, 6.45) is 5.19. The van der Waals surface area contributed by atoms with Crippen LogP contribution in [0.25, 0.3) is 0 Å². The molecule has 0 heterocycles. The number of carboxylic acids is 1. The molecule has 5 rings (SSSR count). The fraction of sp³-hybridized carbons (Fsp3) is 0.444. The minimum Gasteiger partial charge on any atom is -0.481 e. The molecule has 1 aromatic carbocycles. The van der Waals surface area contributed by atoms with E-state index >= 15 is 0 Å². The molecular weight excluding hydrogens is 278 g/mol. The summed E-state index contributed by atoms with van der Waals surface area (Å²) in [4.78, 5) is 24.4. The summed E-state index contributed by atoms with van der Waals surface area (Å²) in [6.45, 7) is 1.99. The Morgan fingerprint density at radius 2 is 1.64 bits per heavy atom. The molecule has 0 unspecified atom stereocenters. The third kappa shape index (κ3) is 1.97. The smallest absolute Gasteiger partial charge is 0.307 e. The zero-order chi connectivity index (χ0) is 15.4. The van der Waals surface area contributed by atoms with Crippen molar-refractivity contribution in [3.8, 4) is 0 Å². The molecule has 1 aromatic rings. The van der Waals surface area contributed by atoms with Crippen LogP contribution in [0.5, 0.6) is 0 Å². The molecule has 2 bridgehead atoms. The average molecular weight is 297 g/mol. The number of aryl methyl sites for hydroxylation is 1. The van der Waals surface area contributed by atoms with Crippen molar-refractivity contribution in [2.45, 2.75) is 13.3 Å². The first-order valence-electron chi connectivity index (χ1n) is 7.85. The Bertz CT molecular complexity index is 663. The van der Waals surface area contributed by atoms with Crippen molar-refractivity contribution in [1.29, 1.82) is 0 Å². The summed E-state index contributed by atoms with van der Waals surface area (Å²) in [6, 6.07) is 7.60. The molecule has 114 valence electrons. The highest BCUT2D eigenvalue weighted by Gasteiger charge is 2.62. The summed E-state index contributed by atoms with van der Waals surface area (Å²) in [5.41, 5.74) is 1.86. The maximum absolute atomic E-state index is 12.7. The second-order valence-corrected chi connectivity index (χ2v) is 6.85. The minimum absolute atomic E-state index is 0.0290. The van der Waals surface area contributed by atoms with E-state index in [-0.39, 0.29) is 17.7 Å². The molecule has 0 radical (unpaired) electrons. The van der Waals surface area contributed by atoms with Crippen molar-refractivity contribution in [2.24, 2.45) is 35.5 Å². The molecule has 4 heteroatoms. The Balaban J connectivity index is 1.60. The lowest BCUT2D eigenvalue weighted by molar-refractivity contribution is -0.152. The number of carbonyl (C=O) groups excluding carboxylic acids is 1. The van der Waals surface area contributed by atoms with Gasteiger partial charge in [0.05, 0.1) is 11.8 Å². The second kappa shape index (κ2) is 4.70. The lowest BCUT2D eigenvalue weighted by atomic mass is 9.62. The van der Waals surface area contributed by atoms with Crippen LogP contribution in [0, 0.1) is 42.4 Å². The predicted octanol–water partition coefficient (Wildman–Crippen LogP) is 2.70. The first-order valence-corrected chi connectivity index (χ1v) is 7.85. The standard InChI is InChI=1S/C18H19NO3/c1-9-2-4-10(5-3-9)19-17(20)15-11-6-7-12(14-8-13(11)14)16(15)18(21)22/h2-7,11-16H,8H2,1H3,(H,19,20)(H,21,22)/t11-,12+,13+,14+,15+,16-/m0/s1. The Morgan fingerprint density at radius 3 is 2.23 bits per heavy atom. The van der Waals surface area contributed by atoms with Gasteiger partial charge in [-0.05, 0) is 49.1 Å². The van der Waals surface area contributed by atoms with Crippen LogP contribution in [0.3, 0.4) is 0 Å². The van der Waals surface area contributed by atoms with E-state index in [0.717, 1.165) is 17.7 Å². The van der Waals surface area contributed by atoms with Gasteiger partial charge in [0.2, 0.25) is 5.91 Å². The zero-order valence-corrected chi connectivity index (χ0v) is 12.4. The van der Waals surface area contributed by atoms with Gasteiger partial charge in [0.25, 0.3) is 0 Å². The van der Waals surface area contributed by atoms with E-state index in [0.29, 0.717) is 11.8 Å². The molecule has 0 spiro atoms. The first kappa shape index (κ1) is 13.6. The number of allylic oxidation sites excluding steroid dienone is 2. The minimum atomic E-state index is -0.839. The average Bonchev–Trinajstić information content (AvgIpc) is 3.30. The van der Waals surface area contributed by atoms with E-state index in [4.69, 9.17) is 0 Å². The molecular formula is C18H19NO3. The number of hydrogen-bond acceptors (Lipinski definition) is 2. The van der Waals surface area contributed by atoms with Crippen LogP contribution in [0.2, 0.25) is 0 Å². The highest BCUT2D eigenvalue weighted by molar-refractivity contribution is 5.96. The van der Waals surface area contributed by atoms with Gasteiger partial charge >= 0.3 is 5.97 Å². The molecule has 4 aliphatic rings. The van der Waals surface area contributed by atoms with E-state index in [2.05, 4.69) is 11.4 Å². The molecule has 6 atom stereocenters. The van der Waals surface area contributed by atoms with E-state index in [1.165, 1.54) is 0 Å². The molecule has 4 aliphatic carbocycles. The number of fused-ring (bicyclic) bond motifs is 1. The molecule has 2 saturated carbocycles. The highest BCUT2D eigenvalue weighted by atomic mass is 16.4. The van der Waals surface area contributed by atoms with Crippen molar-refractivity contribution in [3.05, 3.63) is 42.0 Å². The molecule has 0 aliphatic heterocycles. The Hall–Kier alpha value is -2.10. The van der Waals surface area contributed by atoms with Gasteiger partial charge in [-0.15, -0.1) is 0 Å². The van der Waals surface area contributed by atoms with Gasteiger partial charge in [-0.3, -0.25) is 9.59 Å². The van der Waals surface area contributed by atoms with Crippen molar-refractivity contribution in [2.75, 3.05) is 5.32 Å². The van der Waals surface area contributed by atoms with E-state index in [9.17, 15) is 14.7 Å². The van der Waals surface area contributed by atoms with E-state index in [1.807, 2.05) is 37.3 Å². The highest BCUT2D eigenvalue weighted by Crippen LogP contribution is 2.63. The second-order valence-electron chi connectivity index (χ2n) is 6.85. The number of carboxylic acid groups (broad SMARTS) is 1. The largest absolute Gasteiger partial charge is 0.481 e. The Kier molecular flexibility index (Phi) is 2.90. The van der Waals surface area contributed by atoms with Gasteiger partial charge < -0.3 is 10.4 Å². The number of hydrogen-bond donors (Lipinski definition) is 2. The van der Waals surface area contributed by atoms with Crippen LogP contribution in [0.1, 0.15) is 12.0 Å². The molecule has 2 N–H and O–H groups in total. The number of nitrogens with one attached hydrogen (secondary N) is 1. The van der Waals surface area contributed by atoms with Crippen molar-refractivity contribution in [3.63, 3.8) is 0 Å². The predicted molar refractivity (Wildman–Crippen MR) is 82.1 cm³/mol. The van der Waals surface area contributed by atoms with Crippen LogP contribution < -0.4 is 5.32 Å². The summed E-state index contributed by atoms with van der Waals surface area (Å²) in [5.74, 6) is -0.904. The van der Waals surface area contributed by atoms with Crippen LogP contribution >= 0.6 is 0 Å².